The molecule has 2 aliphatic heterocycles. The molecule has 2 aromatic carbocycles. The Labute approximate surface area is 595 Å². The highest BCUT2D eigenvalue weighted by molar-refractivity contribution is 5.98. The first-order valence-corrected chi connectivity index (χ1v) is 35.9. The van der Waals surface area contributed by atoms with E-state index < -0.39 is 132 Å². The lowest BCUT2D eigenvalue weighted by molar-refractivity contribution is -0.196. The first-order valence-electron chi connectivity index (χ1n) is 35.9. The number of nitrogens with one attached hydrogen (secondary N) is 8. The number of benzene rings is 2. The number of hydrogen-bond acceptors (Lipinski definition) is 14. The van der Waals surface area contributed by atoms with Crippen LogP contribution in [0.1, 0.15) is 151 Å². The van der Waals surface area contributed by atoms with Crippen molar-refractivity contribution in [2.75, 3.05) is 66.9 Å². The van der Waals surface area contributed by atoms with E-state index >= 15 is 0 Å². The molecule has 10 N–H and O–H groups in total. The summed E-state index contributed by atoms with van der Waals surface area (Å²) in [5.41, 5.74) is 6.18. The highest BCUT2D eigenvalue weighted by Crippen LogP contribution is 2.60. The minimum Gasteiger partial charge on any atom is -0.379 e. The van der Waals surface area contributed by atoms with E-state index in [0.717, 1.165) is 5.56 Å². The van der Waals surface area contributed by atoms with E-state index in [4.69, 9.17) is 15.2 Å². The Kier molecular flexibility index (Phi) is 32.3. The predicted molar refractivity (Wildman–Crippen MR) is 379 cm³/mol. The van der Waals surface area contributed by atoms with Crippen molar-refractivity contribution < 1.29 is 70.6 Å². The van der Waals surface area contributed by atoms with Crippen LogP contribution in [-0.4, -0.2) is 213 Å². The predicted octanol–water partition coefficient (Wildman–Crippen LogP) is 5.64. The molecule has 566 valence electrons. The number of hydrogen-bond donors (Lipinski definition) is 9. The third kappa shape index (κ3) is 23.5. The zero-order valence-corrected chi connectivity index (χ0v) is 62.2. The monoisotopic (exact) mass is 1420 g/mol. The van der Waals surface area contributed by atoms with Crippen molar-refractivity contribution in [3.05, 3.63) is 65.7 Å². The van der Waals surface area contributed by atoms with E-state index in [9.17, 15) is 61.1 Å². The summed E-state index contributed by atoms with van der Waals surface area (Å²) in [6.45, 7) is 20.7. The summed E-state index contributed by atoms with van der Waals surface area (Å²) in [6, 6.07) is 7.65. The van der Waals surface area contributed by atoms with E-state index in [1.54, 1.807) is 70.8 Å². The van der Waals surface area contributed by atoms with Gasteiger partial charge in [0.25, 0.3) is 0 Å². The quantitative estimate of drug-likeness (QED) is 0.0366. The van der Waals surface area contributed by atoms with Crippen LogP contribution in [0.15, 0.2) is 54.6 Å². The van der Waals surface area contributed by atoms with Crippen molar-refractivity contribution in [2.45, 2.75) is 226 Å². The number of fused-ring (bicyclic) bond motifs is 1. The van der Waals surface area contributed by atoms with Crippen molar-refractivity contribution in [3.63, 3.8) is 0 Å². The Balaban J connectivity index is 1.23. The summed E-state index contributed by atoms with van der Waals surface area (Å²) in [4.78, 5) is 144. The number of nitrogens with zero attached hydrogens (tertiary/aromatic N) is 4. The van der Waals surface area contributed by atoms with Crippen LogP contribution >= 0.6 is 0 Å². The third-order valence-corrected chi connectivity index (χ3v) is 20.2. The number of amides is 11. The molecule has 2 saturated heterocycles. The molecule has 3 aliphatic rings. The standard InChI is InChI=1S/C73H116F3N13O12/c1-17-46(10)62(87(14)70(98)60(43(4)5)85-69(97)61(44(6)7)86(12)13)55(100-15)39-58(91)89-36-32-51-40-72(51,89)63(101-16)47(11)64(92)83-54(37-48-23-19-18-20-24-48)66(94)79-41-49-27-29-52(30-28-49)81-67(95)53(25-21-33-78-71(77)99)82-68(96)59(42(2)3)84-57(90)26-22-34-88-35-31-50(65(93)80-45(8)9)38-56(88)73(74,75)76/h18-20,23-24,27-30,42-47,50-51,53-56,59-63H,17,21-22,25-26,31-41H2,1-16H3,(H,79,94)(H,80,93)(H,81,95)(H,82,96)(H,83,92)(H,84,90)(H,85,97)(H3,77,78,99)/t46-,47+,50+,51?,53-,54-,55+,56-,59-,60-,61-,62-,63+,72?/m0/s1. The number of nitrogens with two attached hydrogens (primary N) is 1. The maximum Gasteiger partial charge on any atom is 0.404 e. The van der Waals surface area contributed by atoms with Crippen LogP contribution in [0.2, 0.25) is 0 Å². The Morgan fingerprint density at radius 1 is 0.693 bits per heavy atom. The van der Waals surface area contributed by atoms with Gasteiger partial charge in [0.2, 0.25) is 53.2 Å². The Morgan fingerprint density at radius 3 is 1.89 bits per heavy atom. The number of ether oxygens (including phenoxy) is 2. The molecule has 0 aromatic heterocycles. The summed E-state index contributed by atoms with van der Waals surface area (Å²) in [7, 11) is 8.42. The van der Waals surface area contributed by atoms with Crippen LogP contribution in [0, 0.1) is 41.4 Å². The van der Waals surface area contributed by atoms with Gasteiger partial charge in [-0.05, 0) is 139 Å². The molecule has 14 atom stereocenters. The Hall–Kier alpha value is -7.43. The van der Waals surface area contributed by atoms with Gasteiger partial charge in [0, 0.05) is 71.4 Å². The van der Waals surface area contributed by atoms with Gasteiger partial charge in [0.05, 0.1) is 42.2 Å². The van der Waals surface area contributed by atoms with Crippen LogP contribution in [0.3, 0.4) is 0 Å². The molecule has 5 rings (SSSR count). The molecule has 1 saturated carbocycles. The fourth-order valence-electron chi connectivity index (χ4n) is 14.6. The van der Waals surface area contributed by atoms with E-state index in [-0.39, 0.29) is 119 Å². The molecule has 2 unspecified atom stereocenters. The molecule has 2 aromatic rings. The number of primary amides is 1. The van der Waals surface area contributed by atoms with Crippen LogP contribution in [-0.2, 0) is 65.6 Å². The molecule has 3 fully saturated rings. The van der Waals surface area contributed by atoms with Crippen molar-refractivity contribution in [1.29, 1.82) is 0 Å². The number of alkyl halides is 3. The van der Waals surface area contributed by atoms with Gasteiger partial charge in [-0.25, -0.2) is 4.79 Å². The number of carbonyl (C=O) groups is 10. The van der Waals surface area contributed by atoms with Gasteiger partial charge in [-0.15, -0.1) is 0 Å². The van der Waals surface area contributed by atoms with Crippen molar-refractivity contribution in [3.8, 4) is 0 Å². The normalized spacial score (nSPS) is 20.6. The van der Waals surface area contributed by atoms with E-state index in [2.05, 4.69) is 42.5 Å². The lowest BCUT2D eigenvalue weighted by Gasteiger charge is -2.41. The van der Waals surface area contributed by atoms with E-state index in [1.165, 1.54) is 19.1 Å². The molecule has 0 spiro atoms. The number of anilines is 1. The van der Waals surface area contributed by atoms with Crippen LogP contribution in [0.5, 0.6) is 0 Å². The lowest BCUT2D eigenvalue weighted by Crippen LogP contribution is -2.60. The maximum atomic E-state index is 14.9. The average molecular weight is 1420 g/mol. The Morgan fingerprint density at radius 2 is 1.34 bits per heavy atom. The number of piperidine rings is 2. The van der Waals surface area contributed by atoms with Gasteiger partial charge in [-0.2, -0.15) is 13.2 Å². The topological polar surface area (TPSA) is 324 Å². The van der Waals surface area contributed by atoms with Gasteiger partial charge in [-0.3, -0.25) is 53.0 Å². The SMILES string of the molecule is CC[C@H](C)[C@@H]([C@@H](CC(=O)N1CCC2CC21[C@H](OC)[C@@H](C)C(=O)N[C@@H](Cc1ccccc1)C(=O)NCc1ccc(NC(=O)[C@H](CCCNC(N)=O)NC(=O)[C@@H](NC(=O)CCCN2CC[C@@H](C(=O)NC(C)C)C[C@H]2C(F)(F)F)C(C)C)cc1)OC)N(C)C(=O)[C@@H](NC(=O)[C@H](C(C)C)N(C)C)C(C)C. The summed E-state index contributed by atoms with van der Waals surface area (Å²) >= 11 is 0. The number of methoxy groups -OCH3 is 2. The van der Waals surface area contributed by atoms with Gasteiger partial charge < -0.3 is 67.5 Å². The second-order valence-corrected chi connectivity index (χ2v) is 29.4. The first kappa shape index (κ1) is 84.2. The number of likely N-dealkylation sites (N-methyl/N-ethyl adjacent to an activating group) is 2. The fraction of sp³-hybridized carbons (Fsp3) is 0.699. The molecule has 11 amide bonds. The zero-order valence-electron chi connectivity index (χ0n) is 62.2. The van der Waals surface area contributed by atoms with Gasteiger partial charge in [0.15, 0.2) is 0 Å². The molecule has 25 nitrogen and oxygen atoms in total. The molecule has 2 heterocycles. The van der Waals surface area contributed by atoms with Crippen molar-refractivity contribution in [2.24, 2.45) is 47.2 Å². The maximum absolute atomic E-state index is 14.9. The summed E-state index contributed by atoms with van der Waals surface area (Å²) < 4.78 is 55.1. The Bertz CT molecular complexity index is 3080. The van der Waals surface area contributed by atoms with Crippen molar-refractivity contribution >= 4 is 64.9 Å². The van der Waals surface area contributed by atoms with Crippen LogP contribution < -0.4 is 48.3 Å². The minimum absolute atomic E-state index is 0.0130. The van der Waals surface area contributed by atoms with Crippen LogP contribution in [0.25, 0.3) is 0 Å². The van der Waals surface area contributed by atoms with Gasteiger partial charge in [-0.1, -0.05) is 111 Å². The molecule has 1 aliphatic carbocycles. The first-order chi connectivity index (χ1) is 47.5. The average Bonchev–Trinajstić information content (AvgIpc) is 1.53. The van der Waals surface area contributed by atoms with Crippen molar-refractivity contribution in [1.82, 2.24) is 56.8 Å². The number of halogens is 3. The van der Waals surface area contributed by atoms with E-state index in [1.807, 2.05) is 95.8 Å². The highest BCUT2D eigenvalue weighted by Gasteiger charge is 2.69. The zero-order chi connectivity index (χ0) is 75.4. The minimum atomic E-state index is -4.60. The van der Waals surface area contributed by atoms with Gasteiger partial charge >= 0.3 is 12.2 Å². The number of urea groups is 1. The highest BCUT2D eigenvalue weighted by atomic mass is 19.4. The second-order valence-electron chi connectivity index (χ2n) is 29.4. The number of likely N-dealkylation sites (tertiary alicyclic amines) is 2. The smallest absolute Gasteiger partial charge is 0.379 e. The summed E-state index contributed by atoms with van der Waals surface area (Å²) in [6.07, 6.45) is -4.17. The van der Waals surface area contributed by atoms with Crippen LogP contribution in [0.4, 0.5) is 23.7 Å². The number of rotatable bonds is 39. The molecule has 0 bridgehead atoms. The number of carbonyl (C=O) groups excluding carboxylic acids is 10. The molecular formula is C73H116F3N13O12. The largest absolute Gasteiger partial charge is 0.404 e. The molecular weight excluding hydrogens is 1310 g/mol. The third-order valence-electron chi connectivity index (χ3n) is 20.2. The van der Waals surface area contributed by atoms with Gasteiger partial charge in [0.1, 0.15) is 30.2 Å². The lowest BCUT2D eigenvalue weighted by atomic mass is 9.89. The summed E-state index contributed by atoms with van der Waals surface area (Å²) in [5.74, 6) is -6.49. The second kappa shape index (κ2) is 38.7. The summed E-state index contributed by atoms with van der Waals surface area (Å²) in [5, 5.41) is 22.4. The molecule has 28 heteroatoms. The van der Waals surface area contributed by atoms with E-state index in [0.29, 0.717) is 37.1 Å². The molecule has 101 heavy (non-hydrogen) atoms. The fourth-order valence-corrected chi connectivity index (χ4v) is 14.6. The molecule has 0 radical (unpaired) electrons.